The fourth-order valence-electron chi connectivity index (χ4n) is 3.36. The van der Waals surface area contributed by atoms with E-state index in [2.05, 4.69) is 20.6 Å². The number of amides is 2. The molecule has 0 saturated heterocycles. The number of imidazole rings is 1. The van der Waals surface area contributed by atoms with Crippen molar-refractivity contribution >= 4 is 22.9 Å². The predicted molar refractivity (Wildman–Crippen MR) is 115 cm³/mol. The predicted octanol–water partition coefficient (Wildman–Crippen LogP) is 4.86. The number of carbonyl (C=O) groups excluding carboxylic acids is 1. The van der Waals surface area contributed by atoms with Gasteiger partial charge in [0.25, 0.3) is 0 Å². The van der Waals surface area contributed by atoms with Crippen molar-refractivity contribution in [2.24, 2.45) is 0 Å². The van der Waals surface area contributed by atoms with E-state index < -0.39 is 17.8 Å². The molecular weight excluding hydrogens is 419 g/mol. The molecule has 0 bridgehead atoms. The Hall–Kier alpha value is -3.88. The molecule has 4 aromatic rings. The summed E-state index contributed by atoms with van der Waals surface area (Å²) in [6.07, 6.45) is -2.34. The lowest BCUT2D eigenvalue weighted by Gasteiger charge is -2.11. The maximum absolute atomic E-state index is 12.8. The van der Waals surface area contributed by atoms with Crippen LogP contribution in [0.4, 0.5) is 23.7 Å². The zero-order chi connectivity index (χ0) is 22.6. The van der Waals surface area contributed by atoms with Crippen LogP contribution < -0.4 is 10.6 Å². The van der Waals surface area contributed by atoms with Crippen molar-refractivity contribution in [1.82, 2.24) is 19.9 Å². The molecule has 2 amide bonds. The van der Waals surface area contributed by atoms with Gasteiger partial charge in [0.2, 0.25) is 0 Å². The van der Waals surface area contributed by atoms with Gasteiger partial charge in [0.1, 0.15) is 11.3 Å². The SMILES string of the molecule is O=C(NCCc1nc2cccnc2n1Cc1ccccc1)Nc1cccc(C(F)(F)F)c1. The van der Waals surface area contributed by atoms with Crippen LogP contribution in [0.5, 0.6) is 0 Å². The van der Waals surface area contributed by atoms with Gasteiger partial charge in [-0.25, -0.2) is 14.8 Å². The van der Waals surface area contributed by atoms with E-state index in [1.165, 1.54) is 12.1 Å². The first-order chi connectivity index (χ1) is 15.4. The minimum Gasteiger partial charge on any atom is -0.337 e. The lowest BCUT2D eigenvalue weighted by molar-refractivity contribution is -0.137. The minimum atomic E-state index is -4.47. The summed E-state index contributed by atoms with van der Waals surface area (Å²) in [6.45, 7) is 0.836. The summed E-state index contributed by atoms with van der Waals surface area (Å²) >= 11 is 0. The van der Waals surface area contributed by atoms with Crippen molar-refractivity contribution in [2.45, 2.75) is 19.1 Å². The number of pyridine rings is 1. The van der Waals surface area contributed by atoms with E-state index in [-0.39, 0.29) is 12.2 Å². The monoisotopic (exact) mass is 439 g/mol. The molecule has 0 radical (unpaired) electrons. The largest absolute Gasteiger partial charge is 0.416 e. The Balaban J connectivity index is 1.42. The molecular formula is C23H20F3N5O. The third kappa shape index (κ3) is 5.05. The van der Waals surface area contributed by atoms with Crippen molar-refractivity contribution < 1.29 is 18.0 Å². The van der Waals surface area contributed by atoms with Crippen LogP contribution in [0.1, 0.15) is 17.0 Å². The van der Waals surface area contributed by atoms with Gasteiger partial charge >= 0.3 is 12.2 Å². The normalized spacial score (nSPS) is 11.5. The maximum Gasteiger partial charge on any atom is 0.416 e. The number of hydrogen-bond donors (Lipinski definition) is 2. The number of aromatic nitrogens is 3. The van der Waals surface area contributed by atoms with Gasteiger partial charge in [0, 0.05) is 24.8 Å². The van der Waals surface area contributed by atoms with E-state index in [1.807, 2.05) is 47.0 Å². The number of halogens is 3. The zero-order valence-corrected chi connectivity index (χ0v) is 16.9. The first-order valence-corrected chi connectivity index (χ1v) is 9.96. The molecule has 6 nitrogen and oxygen atoms in total. The van der Waals surface area contributed by atoms with E-state index in [0.29, 0.717) is 13.0 Å². The number of alkyl halides is 3. The summed E-state index contributed by atoms with van der Waals surface area (Å²) in [5.74, 6) is 0.752. The van der Waals surface area contributed by atoms with Gasteiger partial charge in [-0.05, 0) is 35.9 Å². The van der Waals surface area contributed by atoms with Gasteiger partial charge in [-0.3, -0.25) is 0 Å². The molecule has 0 fully saturated rings. The first-order valence-electron chi connectivity index (χ1n) is 9.96. The van der Waals surface area contributed by atoms with Gasteiger partial charge in [-0.1, -0.05) is 36.4 Å². The average molecular weight is 439 g/mol. The number of fused-ring (bicyclic) bond motifs is 1. The van der Waals surface area contributed by atoms with Crippen LogP contribution in [0.3, 0.4) is 0 Å². The average Bonchev–Trinajstić information content (AvgIpc) is 3.11. The molecule has 2 aromatic carbocycles. The summed E-state index contributed by atoms with van der Waals surface area (Å²) in [5.41, 5.74) is 1.84. The Morgan fingerprint density at radius 2 is 1.81 bits per heavy atom. The summed E-state index contributed by atoms with van der Waals surface area (Å²) in [6, 6.07) is 17.5. The van der Waals surface area contributed by atoms with Gasteiger partial charge in [-0.15, -0.1) is 0 Å². The molecule has 164 valence electrons. The number of anilines is 1. The van der Waals surface area contributed by atoms with E-state index in [1.54, 1.807) is 6.20 Å². The molecule has 2 heterocycles. The van der Waals surface area contributed by atoms with Crippen LogP contribution in [-0.2, 0) is 19.1 Å². The Morgan fingerprint density at radius 3 is 2.59 bits per heavy atom. The standard InChI is InChI=1S/C23H20F3N5O/c24-23(25,26)17-8-4-9-18(14-17)29-22(32)28-13-11-20-30-19-10-5-12-27-21(19)31(20)15-16-6-2-1-3-7-16/h1-10,12,14H,11,13,15H2,(H2,28,29,32). The highest BCUT2D eigenvalue weighted by atomic mass is 19.4. The maximum atomic E-state index is 12.8. The van der Waals surface area contributed by atoms with Crippen LogP contribution in [0.2, 0.25) is 0 Å². The van der Waals surface area contributed by atoms with Crippen molar-refractivity contribution in [3.63, 3.8) is 0 Å². The van der Waals surface area contributed by atoms with Gasteiger partial charge in [0.15, 0.2) is 5.65 Å². The number of carbonyl (C=O) groups is 1. The third-order valence-electron chi connectivity index (χ3n) is 4.85. The van der Waals surface area contributed by atoms with Crippen molar-refractivity contribution in [3.8, 4) is 0 Å². The number of benzene rings is 2. The summed E-state index contributed by atoms with van der Waals surface area (Å²) < 4.78 is 40.5. The number of rotatable bonds is 6. The second-order valence-corrected chi connectivity index (χ2v) is 7.16. The molecule has 32 heavy (non-hydrogen) atoms. The molecule has 0 atom stereocenters. The summed E-state index contributed by atoms with van der Waals surface area (Å²) in [7, 11) is 0. The van der Waals surface area contributed by atoms with E-state index in [4.69, 9.17) is 0 Å². The molecule has 2 aromatic heterocycles. The lowest BCUT2D eigenvalue weighted by Crippen LogP contribution is -2.31. The Morgan fingerprint density at radius 1 is 1.00 bits per heavy atom. The fourth-order valence-corrected chi connectivity index (χ4v) is 3.36. The third-order valence-corrected chi connectivity index (χ3v) is 4.85. The van der Waals surface area contributed by atoms with Gasteiger partial charge in [0.05, 0.1) is 12.1 Å². The highest BCUT2D eigenvalue weighted by molar-refractivity contribution is 5.89. The molecule has 0 aliphatic carbocycles. The van der Waals surface area contributed by atoms with Gasteiger partial charge < -0.3 is 15.2 Å². The molecule has 4 rings (SSSR count). The molecule has 0 saturated carbocycles. The van der Waals surface area contributed by atoms with Crippen LogP contribution in [-0.4, -0.2) is 27.1 Å². The van der Waals surface area contributed by atoms with E-state index in [9.17, 15) is 18.0 Å². The quantitative estimate of drug-likeness (QED) is 0.451. The highest BCUT2D eigenvalue weighted by Crippen LogP contribution is 2.30. The Bertz CT molecular complexity index is 1220. The van der Waals surface area contributed by atoms with Crippen molar-refractivity contribution in [3.05, 3.63) is 89.9 Å². The molecule has 0 aliphatic rings. The van der Waals surface area contributed by atoms with Crippen LogP contribution in [0, 0.1) is 0 Å². The Kier molecular flexibility index (Phi) is 6.07. The summed E-state index contributed by atoms with van der Waals surface area (Å²) in [4.78, 5) is 21.2. The lowest BCUT2D eigenvalue weighted by atomic mass is 10.2. The van der Waals surface area contributed by atoms with Crippen LogP contribution >= 0.6 is 0 Å². The Labute approximate surface area is 182 Å². The number of nitrogens with zero attached hydrogens (tertiary/aromatic N) is 3. The fraction of sp³-hybridized carbons (Fsp3) is 0.174. The number of hydrogen-bond acceptors (Lipinski definition) is 3. The number of urea groups is 1. The smallest absolute Gasteiger partial charge is 0.337 e. The van der Waals surface area contributed by atoms with Crippen LogP contribution in [0.25, 0.3) is 11.2 Å². The molecule has 0 spiro atoms. The molecule has 2 N–H and O–H groups in total. The van der Waals surface area contributed by atoms with E-state index in [0.717, 1.165) is 34.7 Å². The van der Waals surface area contributed by atoms with E-state index >= 15 is 0 Å². The van der Waals surface area contributed by atoms with Crippen LogP contribution in [0.15, 0.2) is 72.9 Å². The molecule has 0 aliphatic heterocycles. The molecule has 0 unspecified atom stereocenters. The second-order valence-electron chi connectivity index (χ2n) is 7.16. The zero-order valence-electron chi connectivity index (χ0n) is 16.9. The topological polar surface area (TPSA) is 71.8 Å². The molecule has 9 heteroatoms. The minimum absolute atomic E-state index is 0.0674. The number of nitrogens with one attached hydrogen (secondary N) is 2. The second kappa shape index (κ2) is 9.09. The highest BCUT2D eigenvalue weighted by Gasteiger charge is 2.30. The van der Waals surface area contributed by atoms with Gasteiger partial charge in [-0.2, -0.15) is 13.2 Å². The first kappa shape index (κ1) is 21.4. The van der Waals surface area contributed by atoms with Crippen molar-refractivity contribution in [1.29, 1.82) is 0 Å². The summed E-state index contributed by atoms with van der Waals surface area (Å²) in [5, 5.41) is 5.10. The van der Waals surface area contributed by atoms with Crippen molar-refractivity contribution in [2.75, 3.05) is 11.9 Å².